The van der Waals surface area contributed by atoms with Crippen molar-refractivity contribution < 1.29 is 17.9 Å². The van der Waals surface area contributed by atoms with E-state index in [1.54, 1.807) is 42.3 Å². The monoisotopic (exact) mass is 472 g/mol. The molecule has 0 saturated heterocycles. The zero-order valence-electron chi connectivity index (χ0n) is 18.1. The van der Waals surface area contributed by atoms with E-state index in [-0.39, 0.29) is 28.7 Å². The maximum atomic E-state index is 13.0. The van der Waals surface area contributed by atoms with Crippen molar-refractivity contribution in [3.63, 3.8) is 0 Å². The fourth-order valence-corrected chi connectivity index (χ4v) is 4.55. The highest BCUT2D eigenvalue weighted by Crippen LogP contribution is 2.26. The number of hydrogen-bond acceptors (Lipinski definition) is 4. The molecule has 3 aromatic rings. The number of rotatable bonds is 8. The Bertz CT molecular complexity index is 1210. The predicted molar refractivity (Wildman–Crippen MR) is 125 cm³/mol. The summed E-state index contributed by atoms with van der Waals surface area (Å²) in [5.74, 6) is -0.128. The largest absolute Gasteiger partial charge is 0.495 e. The molecule has 0 aromatic heterocycles. The van der Waals surface area contributed by atoms with Gasteiger partial charge in [0.2, 0.25) is 10.0 Å². The molecule has 0 unspecified atom stereocenters. The molecule has 0 saturated carbocycles. The highest BCUT2D eigenvalue weighted by atomic mass is 35.5. The van der Waals surface area contributed by atoms with Gasteiger partial charge in [-0.3, -0.25) is 4.79 Å². The second-order valence-corrected chi connectivity index (χ2v) is 9.58. The lowest BCUT2D eigenvalue weighted by molar-refractivity contribution is 0.0784. The van der Waals surface area contributed by atoms with Gasteiger partial charge in [0.05, 0.1) is 7.11 Å². The van der Waals surface area contributed by atoms with E-state index in [0.29, 0.717) is 11.6 Å². The molecule has 1 amide bonds. The van der Waals surface area contributed by atoms with Crippen molar-refractivity contribution in [1.29, 1.82) is 0 Å². The number of sulfonamides is 1. The number of hydrogen-bond donors (Lipinski definition) is 1. The Hall–Kier alpha value is -2.87. The van der Waals surface area contributed by atoms with Crippen LogP contribution in [0.3, 0.4) is 0 Å². The average molecular weight is 473 g/mol. The molecular weight excluding hydrogens is 448 g/mol. The molecule has 3 aromatic carbocycles. The van der Waals surface area contributed by atoms with Crippen LogP contribution in [0.2, 0.25) is 5.02 Å². The van der Waals surface area contributed by atoms with Crippen LogP contribution in [-0.4, -0.2) is 33.4 Å². The Labute approximate surface area is 193 Å². The Morgan fingerprint density at radius 1 is 1.06 bits per heavy atom. The number of methoxy groups -OCH3 is 1. The van der Waals surface area contributed by atoms with E-state index in [9.17, 15) is 13.2 Å². The van der Waals surface area contributed by atoms with E-state index in [0.717, 1.165) is 16.7 Å². The van der Waals surface area contributed by atoms with Crippen molar-refractivity contribution in [2.75, 3.05) is 14.2 Å². The van der Waals surface area contributed by atoms with Crippen LogP contribution in [0.4, 0.5) is 0 Å². The van der Waals surface area contributed by atoms with Crippen molar-refractivity contribution in [3.05, 3.63) is 94.0 Å². The van der Waals surface area contributed by atoms with Crippen molar-refractivity contribution in [1.82, 2.24) is 9.62 Å². The lowest BCUT2D eigenvalue weighted by atomic mass is 10.1. The summed E-state index contributed by atoms with van der Waals surface area (Å²) in [5, 5.41) is 0.569. The summed E-state index contributed by atoms with van der Waals surface area (Å²) in [5.41, 5.74) is 3.11. The predicted octanol–water partition coefficient (Wildman–Crippen LogP) is 4.41. The second-order valence-electron chi connectivity index (χ2n) is 7.40. The molecule has 0 spiro atoms. The van der Waals surface area contributed by atoms with Gasteiger partial charge < -0.3 is 9.64 Å². The van der Waals surface area contributed by atoms with Gasteiger partial charge in [-0.15, -0.1) is 0 Å². The van der Waals surface area contributed by atoms with Crippen LogP contribution in [0.15, 0.2) is 71.6 Å². The SMILES string of the molecule is COc1ccc(C(=O)N(C)Cc2ccccc2C)cc1S(=O)(=O)NCc1ccc(Cl)cc1. The molecule has 0 aliphatic carbocycles. The molecule has 0 radical (unpaired) electrons. The van der Waals surface area contributed by atoms with Gasteiger partial charge in [0.1, 0.15) is 10.6 Å². The van der Waals surface area contributed by atoms with Crippen LogP contribution in [0.5, 0.6) is 5.75 Å². The van der Waals surface area contributed by atoms with Crippen molar-refractivity contribution in [2.45, 2.75) is 24.9 Å². The zero-order valence-corrected chi connectivity index (χ0v) is 19.7. The standard InChI is InChI=1S/C24H25ClN2O4S/c1-17-6-4-5-7-20(17)16-27(2)24(28)19-10-13-22(31-3)23(14-19)32(29,30)26-15-18-8-11-21(25)12-9-18/h4-14,26H,15-16H2,1-3H3. The molecule has 0 heterocycles. The van der Waals surface area contributed by atoms with Gasteiger partial charge in [-0.05, 0) is 53.9 Å². The number of carbonyl (C=O) groups excluding carboxylic acids is 1. The first-order valence-corrected chi connectivity index (χ1v) is 11.8. The van der Waals surface area contributed by atoms with Crippen molar-refractivity contribution in [2.24, 2.45) is 0 Å². The summed E-state index contributed by atoms with van der Waals surface area (Å²) in [4.78, 5) is 14.5. The van der Waals surface area contributed by atoms with E-state index < -0.39 is 10.0 Å². The van der Waals surface area contributed by atoms with Crippen LogP contribution in [0.1, 0.15) is 27.0 Å². The summed E-state index contributed by atoms with van der Waals surface area (Å²) >= 11 is 5.88. The zero-order chi connectivity index (χ0) is 23.3. The Morgan fingerprint density at radius 3 is 2.41 bits per heavy atom. The summed E-state index contributed by atoms with van der Waals surface area (Å²) in [7, 11) is -0.863. The van der Waals surface area contributed by atoms with E-state index in [1.807, 2.05) is 31.2 Å². The molecule has 0 aliphatic rings. The highest BCUT2D eigenvalue weighted by molar-refractivity contribution is 7.89. The highest BCUT2D eigenvalue weighted by Gasteiger charge is 2.23. The fourth-order valence-electron chi connectivity index (χ4n) is 3.21. The average Bonchev–Trinajstić information content (AvgIpc) is 2.79. The van der Waals surface area contributed by atoms with Gasteiger partial charge in [0, 0.05) is 30.7 Å². The first-order valence-electron chi connectivity index (χ1n) is 9.93. The van der Waals surface area contributed by atoms with Crippen molar-refractivity contribution in [3.8, 4) is 5.75 Å². The van der Waals surface area contributed by atoms with Gasteiger partial charge in [-0.1, -0.05) is 48.0 Å². The first-order chi connectivity index (χ1) is 15.2. The number of carbonyl (C=O) groups is 1. The maximum absolute atomic E-state index is 13.0. The molecule has 0 bridgehead atoms. The molecule has 1 N–H and O–H groups in total. The third-order valence-corrected chi connectivity index (χ3v) is 6.77. The minimum Gasteiger partial charge on any atom is -0.495 e. The Balaban J connectivity index is 1.83. The number of aryl methyl sites for hydroxylation is 1. The van der Waals surface area contributed by atoms with Crippen LogP contribution in [0.25, 0.3) is 0 Å². The number of amides is 1. The lowest BCUT2D eigenvalue weighted by Gasteiger charge is -2.19. The van der Waals surface area contributed by atoms with Crippen LogP contribution in [-0.2, 0) is 23.1 Å². The molecular formula is C24H25ClN2O4S. The lowest BCUT2D eigenvalue weighted by Crippen LogP contribution is -2.28. The number of nitrogens with one attached hydrogen (secondary N) is 1. The number of nitrogens with zero attached hydrogens (tertiary/aromatic N) is 1. The van der Waals surface area contributed by atoms with E-state index in [2.05, 4.69) is 4.72 Å². The van der Waals surface area contributed by atoms with Gasteiger partial charge >= 0.3 is 0 Å². The number of halogens is 1. The van der Waals surface area contributed by atoms with Gasteiger partial charge in [0.15, 0.2) is 0 Å². The molecule has 3 rings (SSSR count). The molecule has 168 valence electrons. The molecule has 0 atom stereocenters. The molecule has 6 nitrogen and oxygen atoms in total. The minimum atomic E-state index is -3.94. The van der Waals surface area contributed by atoms with Crippen LogP contribution >= 0.6 is 11.6 Å². The third-order valence-electron chi connectivity index (χ3n) is 5.10. The van der Waals surface area contributed by atoms with Crippen LogP contribution in [0, 0.1) is 6.92 Å². The van der Waals surface area contributed by atoms with Crippen LogP contribution < -0.4 is 9.46 Å². The molecule has 32 heavy (non-hydrogen) atoms. The minimum absolute atomic E-state index is 0.0774. The van der Waals surface area contributed by atoms with E-state index >= 15 is 0 Å². The third kappa shape index (κ3) is 5.68. The summed E-state index contributed by atoms with van der Waals surface area (Å²) in [6, 6.07) is 19.1. The number of ether oxygens (including phenoxy) is 1. The summed E-state index contributed by atoms with van der Waals surface area (Å²) in [6.07, 6.45) is 0. The topological polar surface area (TPSA) is 75.7 Å². The number of benzene rings is 3. The van der Waals surface area contributed by atoms with E-state index in [4.69, 9.17) is 16.3 Å². The van der Waals surface area contributed by atoms with Crippen molar-refractivity contribution >= 4 is 27.5 Å². The first kappa shape index (κ1) is 23.8. The second kappa shape index (κ2) is 10.2. The summed E-state index contributed by atoms with van der Waals surface area (Å²) < 4.78 is 33.8. The Kier molecular flexibility index (Phi) is 7.56. The van der Waals surface area contributed by atoms with Gasteiger partial charge in [-0.2, -0.15) is 0 Å². The fraction of sp³-hybridized carbons (Fsp3) is 0.208. The summed E-state index contributed by atoms with van der Waals surface area (Å²) in [6.45, 7) is 2.47. The maximum Gasteiger partial charge on any atom is 0.253 e. The van der Waals surface area contributed by atoms with Gasteiger partial charge in [-0.25, -0.2) is 13.1 Å². The van der Waals surface area contributed by atoms with Gasteiger partial charge in [0.25, 0.3) is 5.91 Å². The normalized spacial score (nSPS) is 11.2. The molecule has 0 aliphatic heterocycles. The smallest absolute Gasteiger partial charge is 0.253 e. The Morgan fingerprint density at radius 2 is 1.75 bits per heavy atom. The molecule has 0 fully saturated rings. The quantitative estimate of drug-likeness (QED) is 0.527. The molecule has 8 heteroatoms. The van der Waals surface area contributed by atoms with E-state index in [1.165, 1.54) is 19.2 Å².